The van der Waals surface area contributed by atoms with Gasteiger partial charge in [-0.25, -0.2) is 13.9 Å². The van der Waals surface area contributed by atoms with Gasteiger partial charge in [0.1, 0.15) is 5.82 Å². The van der Waals surface area contributed by atoms with Gasteiger partial charge < -0.3 is 5.32 Å². The van der Waals surface area contributed by atoms with Crippen LogP contribution in [-0.2, 0) is 13.0 Å². The van der Waals surface area contributed by atoms with Crippen molar-refractivity contribution in [3.05, 3.63) is 65.4 Å². The lowest BCUT2D eigenvalue weighted by Gasteiger charge is -2.06. The summed E-state index contributed by atoms with van der Waals surface area (Å²) in [7, 11) is 0. The molecule has 0 fully saturated rings. The number of aromatic nitrogens is 3. The van der Waals surface area contributed by atoms with E-state index in [9.17, 15) is 4.39 Å². The number of hydrogen-bond acceptors (Lipinski definition) is 3. The average Bonchev–Trinajstić information content (AvgIpc) is 2.84. The number of aryl methyl sites for hydroxylation is 1. The van der Waals surface area contributed by atoms with Gasteiger partial charge in [-0.3, -0.25) is 0 Å². The van der Waals surface area contributed by atoms with Crippen LogP contribution in [0.15, 0.2) is 42.7 Å². The summed E-state index contributed by atoms with van der Waals surface area (Å²) in [6.07, 6.45) is 4.47. The van der Waals surface area contributed by atoms with Crippen molar-refractivity contribution in [2.45, 2.75) is 19.9 Å². The molecule has 2 aromatic heterocycles. The summed E-state index contributed by atoms with van der Waals surface area (Å²) in [6, 6.07) is 8.81. The second-order valence-corrected chi connectivity index (χ2v) is 5.07. The van der Waals surface area contributed by atoms with Gasteiger partial charge in [-0.2, -0.15) is 5.10 Å². The van der Waals surface area contributed by atoms with Gasteiger partial charge in [-0.1, -0.05) is 18.2 Å². The van der Waals surface area contributed by atoms with Gasteiger partial charge >= 0.3 is 0 Å². The van der Waals surface area contributed by atoms with E-state index in [1.54, 1.807) is 10.6 Å². The molecule has 0 aliphatic heterocycles. The third kappa shape index (κ3) is 3.25. The van der Waals surface area contributed by atoms with Crippen molar-refractivity contribution in [1.82, 2.24) is 19.9 Å². The first-order chi connectivity index (χ1) is 10.2. The predicted molar refractivity (Wildman–Crippen MR) is 79.5 cm³/mol. The first-order valence-electron chi connectivity index (χ1n) is 6.97. The molecule has 0 atom stereocenters. The quantitative estimate of drug-likeness (QED) is 0.732. The molecule has 0 saturated carbocycles. The summed E-state index contributed by atoms with van der Waals surface area (Å²) in [5.41, 5.74) is 3.59. The van der Waals surface area contributed by atoms with Crippen LogP contribution in [0.3, 0.4) is 0 Å². The van der Waals surface area contributed by atoms with Crippen LogP contribution in [0.25, 0.3) is 5.65 Å². The van der Waals surface area contributed by atoms with Gasteiger partial charge in [0, 0.05) is 30.6 Å². The zero-order valence-electron chi connectivity index (χ0n) is 11.9. The van der Waals surface area contributed by atoms with E-state index in [0.717, 1.165) is 29.0 Å². The highest BCUT2D eigenvalue weighted by molar-refractivity contribution is 5.38. The van der Waals surface area contributed by atoms with Gasteiger partial charge in [-0.15, -0.1) is 0 Å². The van der Waals surface area contributed by atoms with Crippen molar-refractivity contribution < 1.29 is 4.39 Å². The second-order valence-electron chi connectivity index (χ2n) is 5.07. The molecule has 0 amide bonds. The number of halogens is 1. The molecule has 0 aliphatic carbocycles. The second kappa shape index (κ2) is 6.01. The van der Waals surface area contributed by atoms with Crippen molar-refractivity contribution in [1.29, 1.82) is 0 Å². The maximum Gasteiger partial charge on any atom is 0.155 e. The molecule has 1 aromatic carbocycles. The van der Waals surface area contributed by atoms with Gasteiger partial charge in [0.15, 0.2) is 5.65 Å². The van der Waals surface area contributed by atoms with Crippen LogP contribution in [0, 0.1) is 12.7 Å². The molecule has 0 saturated heterocycles. The number of hydrogen-bond donors (Lipinski definition) is 1. The van der Waals surface area contributed by atoms with Crippen LogP contribution < -0.4 is 5.32 Å². The molecule has 3 aromatic rings. The smallest absolute Gasteiger partial charge is 0.155 e. The minimum Gasteiger partial charge on any atom is -0.312 e. The third-order valence-electron chi connectivity index (χ3n) is 3.35. The van der Waals surface area contributed by atoms with Gasteiger partial charge in [0.25, 0.3) is 0 Å². The number of fused-ring (bicyclic) bond motifs is 1. The first kappa shape index (κ1) is 13.7. The number of rotatable bonds is 5. The van der Waals surface area contributed by atoms with E-state index in [0.29, 0.717) is 13.0 Å². The van der Waals surface area contributed by atoms with Crippen LogP contribution in [0.5, 0.6) is 0 Å². The SMILES string of the molecule is Cc1cc2ncc(CNCCc3ccccc3F)cn2n1. The van der Waals surface area contributed by atoms with Gasteiger partial charge in [0.05, 0.1) is 5.69 Å². The van der Waals surface area contributed by atoms with Crippen LogP contribution in [0.4, 0.5) is 4.39 Å². The van der Waals surface area contributed by atoms with Gasteiger partial charge in [-0.05, 0) is 31.5 Å². The van der Waals surface area contributed by atoms with Crippen LogP contribution in [-0.4, -0.2) is 21.1 Å². The lowest BCUT2D eigenvalue weighted by molar-refractivity contribution is 0.597. The summed E-state index contributed by atoms with van der Waals surface area (Å²) in [5, 5.41) is 7.64. The molecule has 4 nitrogen and oxygen atoms in total. The molecule has 21 heavy (non-hydrogen) atoms. The largest absolute Gasteiger partial charge is 0.312 e. The highest BCUT2D eigenvalue weighted by Crippen LogP contribution is 2.07. The Labute approximate surface area is 122 Å². The lowest BCUT2D eigenvalue weighted by Crippen LogP contribution is -2.17. The van der Waals surface area contributed by atoms with Crippen molar-refractivity contribution in [2.24, 2.45) is 0 Å². The lowest BCUT2D eigenvalue weighted by atomic mass is 10.1. The normalized spacial score (nSPS) is 11.1. The number of nitrogens with zero attached hydrogens (tertiary/aromatic N) is 3. The van der Waals surface area contributed by atoms with Gasteiger partial charge in [0.2, 0.25) is 0 Å². The van der Waals surface area contributed by atoms with E-state index in [2.05, 4.69) is 15.4 Å². The maximum atomic E-state index is 13.5. The summed E-state index contributed by atoms with van der Waals surface area (Å²) in [5.74, 6) is -0.144. The monoisotopic (exact) mass is 284 g/mol. The Morgan fingerprint density at radius 2 is 2.14 bits per heavy atom. The van der Waals surface area contributed by atoms with E-state index < -0.39 is 0 Å². The molecular weight excluding hydrogens is 267 g/mol. The first-order valence-corrected chi connectivity index (χ1v) is 6.97. The predicted octanol–water partition coefficient (Wildman–Crippen LogP) is 2.51. The molecule has 3 rings (SSSR count). The van der Waals surface area contributed by atoms with Crippen molar-refractivity contribution in [3.63, 3.8) is 0 Å². The van der Waals surface area contributed by atoms with E-state index in [-0.39, 0.29) is 5.82 Å². The Morgan fingerprint density at radius 3 is 3.00 bits per heavy atom. The Morgan fingerprint density at radius 1 is 1.29 bits per heavy atom. The minimum atomic E-state index is -0.144. The third-order valence-corrected chi connectivity index (χ3v) is 3.35. The van der Waals surface area contributed by atoms with Crippen LogP contribution in [0.2, 0.25) is 0 Å². The molecule has 0 aliphatic rings. The van der Waals surface area contributed by atoms with E-state index >= 15 is 0 Å². The number of benzene rings is 1. The Bertz CT molecular complexity index is 751. The molecule has 0 unspecified atom stereocenters. The minimum absolute atomic E-state index is 0.144. The summed E-state index contributed by atoms with van der Waals surface area (Å²) < 4.78 is 15.2. The maximum absolute atomic E-state index is 13.5. The molecule has 0 radical (unpaired) electrons. The molecule has 0 bridgehead atoms. The average molecular weight is 284 g/mol. The Kier molecular flexibility index (Phi) is 3.92. The molecule has 0 spiro atoms. The Hall–Kier alpha value is -2.27. The molecule has 108 valence electrons. The fraction of sp³-hybridized carbons (Fsp3) is 0.250. The molecule has 1 N–H and O–H groups in total. The zero-order chi connectivity index (χ0) is 14.7. The summed E-state index contributed by atoms with van der Waals surface area (Å²) in [4.78, 5) is 4.35. The van der Waals surface area contributed by atoms with Crippen LogP contribution in [0.1, 0.15) is 16.8 Å². The topological polar surface area (TPSA) is 42.2 Å². The van der Waals surface area contributed by atoms with E-state index in [1.165, 1.54) is 6.07 Å². The summed E-state index contributed by atoms with van der Waals surface area (Å²) in [6.45, 7) is 3.36. The molecule has 2 heterocycles. The van der Waals surface area contributed by atoms with Crippen molar-refractivity contribution >= 4 is 5.65 Å². The zero-order valence-corrected chi connectivity index (χ0v) is 11.9. The van der Waals surface area contributed by atoms with E-state index in [4.69, 9.17) is 0 Å². The van der Waals surface area contributed by atoms with Crippen molar-refractivity contribution in [2.75, 3.05) is 6.54 Å². The molecule has 5 heteroatoms. The fourth-order valence-corrected chi connectivity index (χ4v) is 2.28. The molecular formula is C16H17FN4. The van der Waals surface area contributed by atoms with Crippen molar-refractivity contribution in [3.8, 4) is 0 Å². The standard InChI is InChI=1S/C16H17FN4/c1-12-8-16-19-10-13(11-21(16)20-12)9-18-7-6-14-4-2-3-5-15(14)17/h2-5,8,10-11,18H,6-7,9H2,1H3. The van der Waals surface area contributed by atoms with E-state index in [1.807, 2.05) is 37.5 Å². The highest BCUT2D eigenvalue weighted by Gasteiger charge is 2.02. The highest BCUT2D eigenvalue weighted by atomic mass is 19.1. The Balaban J connectivity index is 1.55. The fourth-order valence-electron chi connectivity index (χ4n) is 2.28. The number of nitrogens with one attached hydrogen (secondary N) is 1. The summed E-state index contributed by atoms with van der Waals surface area (Å²) >= 11 is 0. The van der Waals surface area contributed by atoms with Crippen LogP contribution >= 0.6 is 0 Å².